The minimum atomic E-state index is -0.683. The number of ether oxygens (including phenoxy) is 2. The van der Waals surface area contributed by atoms with Crippen LogP contribution in [0.3, 0.4) is 0 Å². The summed E-state index contributed by atoms with van der Waals surface area (Å²) >= 11 is 0. The maximum absolute atomic E-state index is 13.5. The van der Waals surface area contributed by atoms with Crippen molar-refractivity contribution in [3.8, 4) is 0 Å². The molecule has 7 heteroatoms. The summed E-state index contributed by atoms with van der Waals surface area (Å²) in [4.78, 5) is 26.6. The number of amides is 2. The number of rotatable bonds is 4. The Morgan fingerprint density at radius 1 is 1.28 bits per heavy atom. The molecule has 2 saturated heterocycles. The Balaban J connectivity index is 0.00000256. The number of benzene rings is 1. The second-order valence-electron chi connectivity index (χ2n) is 7.38. The van der Waals surface area contributed by atoms with Gasteiger partial charge in [-0.25, -0.2) is 9.18 Å². The number of hydrogen-bond donors (Lipinski definition) is 1. The molecule has 0 radical (unpaired) electrons. The number of alkyl carbamates (subject to hydrolysis) is 1. The number of carbonyl (C=O) groups excluding carboxylic acids is 2. The van der Waals surface area contributed by atoms with Crippen molar-refractivity contribution in [3.63, 3.8) is 0 Å². The van der Waals surface area contributed by atoms with Crippen LogP contribution in [0.2, 0.25) is 0 Å². The molecule has 154 valence electrons. The van der Waals surface area contributed by atoms with Crippen molar-refractivity contribution in [2.75, 3.05) is 13.2 Å². The first-order valence-corrected chi connectivity index (χ1v) is 9.64. The zero-order chi connectivity index (χ0) is 20.5. The van der Waals surface area contributed by atoms with Crippen LogP contribution in [-0.4, -0.2) is 48.3 Å². The monoisotopic (exact) mass is 400 g/mol. The van der Waals surface area contributed by atoms with Gasteiger partial charge in [-0.05, 0) is 35.3 Å². The molecule has 3 aliphatic heterocycles. The highest BCUT2D eigenvalue weighted by Crippen LogP contribution is 2.38. The first-order chi connectivity index (χ1) is 14.0. The van der Waals surface area contributed by atoms with Crippen molar-refractivity contribution in [3.05, 3.63) is 72.1 Å². The molecule has 29 heavy (non-hydrogen) atoms. The highest BCUT2D eigenvalue weighted by Gasteiger charge is 2.44. The van der Waals surface area contributed by atoms with E-state index in [4.69, 9.17) is 9.47 Å². The van der Waals surface area contributed by atoms with Crippen molar-refractivity contribution in [2.24, 2.45) is 0 Å². The Morgan fingerprint density at radius 2 is 2.03 bits per heavy atom. The van der Waals surface area contributed by atoms with E-state index in [0.717, 1.165) is 16.7 Å². The van der Waals surface area contributed by atoms with Crippen LogP contribution in [0.25, 0.3) is 0 Å². The van der Waals surface area contributed by atoms with Crippen molar-refractivity contribution in [2.45, 2.75) is 37.1 Å². The lowest BCUT2D eigenvalue weighted by Crippen LogP contribution is -2.52. The Kier molecular flexibility index (Phi) is 5.24. The van der Waals surface area contributed by atoms with Crippen LogP contribution < -0.4 is 5.32 Å². The van der Waals surface area contributed by atoms with Crippen molar-refractivity contribution < 1.29 is 24.9 Å². The van der Waals surface area contributed by atoms with E-state index >= 15 is 0 Å². The number of carbonyl (C=O) groups is 2. The van der Waals surface area contributed by atoms with E-state index < -0.39 is 18.2 Å². The molecule has 3 heterocycles. The molecule has 0 bridgehead atoms. The topological polar surface area (TPSA) is 67.9 Å². The van der Waals surface area contributed by atoms with Crippen molar-refractivity contribution in [1.82, 2.24) is 10.2 Å². The van der Waals surface area contributed by atoms with Crippen LogP contribution in [0.4, 0.5) is 9.18 Å². The maximum Gasteiger partial charge on any atom is 0.407 e. The second kappa shape index (κ2) is 7.83. The molecule has 0 saturated carbocycles. The van der Waals surface area contributed by atoms with Gasteiger partial charge in [0, 0.05) is 14.4 Å². The first-order valence-electron chi connectivity index (χ1n) is 9.64. The number of nitrogens with one attached hydrogen (secondary N) is 1. The van der Waals surface area contributed by atoms with Gasteiger partial charge in [-0.3, -0.25) is 4.79 Å². The average molecular weight is 400 g/mol. The Morgan fingerprint density at radius 3 is 2.72 bits per heavy atom. The third-order valence-electron chi connectivity index (χ3n) is 5.75. The number of halogens is 1. The lowest BCUT2D eigenvalue weighted by molar-refractivity contribution is -0.153. The van der Waals surface area contributed by atoms with Gasteiger partial charge in [0.25, 0.3) is 5.91 Å². The molecule has 2 amide bonds. The molecule has 1 aromatic rings. The molecule has 0 unspecified atom stereocenters. The average Bonchev–Trinajstić information content (AvgIpc) is 3.11. The van der Waals surface area contributed by atoms with Crippen LogP contribution in [0, 0.1) is 5.82 Å². The van der Waals surface area contributed by atoms with Crippen LogP contribution in [0.15, 0.2) is 60.7 Å². The van der Waals surface area contributed by atoms with Crippen molar-refractivity contribution >= 4 is 12.0 Å². The quantitative estimate of drug-likeness (QED) is 0.842. The van der Waals surface area contributed by atoms with E-state index in [-0.39, 0.29) is 31.9 Å². The zero-order valence-electron chi connectivity index (χ0n) is 16.0. The summed E-state index contributed by atoms with van der Waals surface area (Å²) < 4.78 is 24.4. The van der Waals surface area contributed by atoms with Gasteiger partial charge in [0.15, 0.2) is 0 Å². The highest BCUT2D eigenvalue weighted by molar-refractivity contribution is 5.83. The summed E-state index contributed by atoms with van der Waals surface area (Å²) in [6.07, 6.45) is 2.98. The lowest BCUT2D eigenvalue weighted by atomic mass is 9.87. The van der Waals surface area contributed by atoms with E-state index in [9.17, 15) is 14.0 Å². The third kappa shape index (κ3) is 3.58. The minimum absolute atomic E-state index is 0. The van der Waals surface area contributed by atoms with Gasteiger partial charge in [0.2, 0.25) is 0 Å². The largest absolute Gasteiger partial charge is 0.442 e. The fourth-order valence-electron chi connectivity index (χ4n) is 4.29. The standard InChI is InChI=1S/C22H23FN2O4.H2/c1-3-13-9-10-25(20(16(13)4-2)14-5-7-15(23)8-6-14)21(26)18-11-17-19(12-28-18)29-22(27)24-17;/h3-8,17-20H,1-2,9-12H2,(H,24,27);1H/t17-,18+,19+,20-;/m0./s1. The minimum Gasteiger partial charge on any atom is -0.442 e. The maximum atomic E-state index is 13.5. The van der Waals surface area contributed by atoms with Crippen LogP contribution in [-0.2, 0) is 14.3 Å². The number of fused-ring (bicyclic) bond motifs is 1. The molecule has 2 fully saturated rings. The van der Waals surface area contributed by atoms with E-state index in [1.165, 1.54) is 12.1 Å². The summed E-state index contributed by atoms with van der Waals surface area (Å²) in [7, 11) is 0. The van der Waals surface area contributed by atoms with Crippen LogP contribution in [0.1, 0.15) is 25.9 Å². The zero-order valence-corrected chi connectivity index (χ0v) is 16.0. The summed E-state index contributed by atoms with van der Waals surface area (Å²) in [5.74, 6) is -0.504. The van der Waals surface area contributed by atoms with E-state index in [2.05, 4.69) is 18.5 Å². The smallest absolute Gasteiger partial charge is 0.407 e. The Labute approximate surface area is 170 Å². The Hall–Kier alpha value is -2.93. The lowest BCUT2D eigenvalue weighted by Gasteiger charge is -2.41. The molecule has 0 aromatic heterocycles. The molecule has 1 N–H and O–H groups in total. The molecule has 0 aliphatic carbocycles. The highest BCUT2D eigenvalue weighted by atomic mass is 19.1. The second-order valence-corrected chi connectivity index (χ2v) is 7.38. The van der Waals surface area contributed by atoms with Gasteiger partial charge in [-0.2, -0.15) is 0 Å². The number of allylic oxidation sites excluding steroid dienone is 1. The van der Waals surface area contributed by atoms with Crippen LogP contribution >= 0.6 is 0 Å². The van der Waals surface area contributed by atoms with Gasteiger partial charge < -0.3 is 19.7 Å². The fourth-order valence-corrected chi connectivity index (χ4v) is 4.29. The molecule has 3 aliphatic rings. The molecular formula is C22H25FN2O4. The molecule has 1 aromatic carbocycles. The number of hydrogen-bond acceptors (Lipinski definition) is 4. The van der Waals surface area contributed by atoms with Gasteiger partial charge in [-0.15, -0.1) is 0 Å². The van der Waals surface area contributed by atoms with Gasteiger partial charge in [-0.1, -0.05) is 37.4 Å². The summed E-state index contributed by atoms with van der Waals surface area (Å²) in [5.41, 5.74) is 2.68. The first kappa shape index (κ1) is 19.4. The molecule has 4 atom stereocenters. The molecule has 0 spiro atoms. The molecular weight excluding hydrogens is 375 g/mol. The summed E-state index contributed by atoms with van der Waals surface area (Å²) in [6, 6.07) is 5.48. The summed E-state index contributed by atoms with van der Waals surface area (Å²) in [6.45, 7) is 8.46. The fraction of sp³-hybridized carbons (Fsp3) is 0.364. The molecule has 4 rings (SSSR count). The van der Waals surface area contributed by atoms with Gasteiger partial charge in [0.05, 0.1) is 18.7 Å². The predicted octanol–water partition coefficient (Wildman–Crippen LogP) is 3.28. The van der Waals surface area contributed by atoms with Gasteiger partial charge >= 0.3 is 6.09 Å². The normalized spacial score (nSPS) is 29.0. The third-order valence-corrected chi connectivity index (χ3v) is 5.75. The van der Waals surface area contributed by atoms with E-state index in [1.54, 1.807) is 29.2 Å². The van der Waals surface area contributed by atoms with Crippen LogP contribution in [0.5, 0.6) is 0 Å². The molecule has 6 nitrogen and oxygen atoms in total. The van der Waals surface area contributed by atoms with Gasteiger partial charge in [0.1, 0.15) is 18.0 Å². The summed E-state index contributed by atoms with van der Waals surface area (Å²) in [5, 5.41) is 2.74. The SMILES string of the molecule is C=CC1=C(C=C)[C@H](c2ccc(F)cc2)N(C(=O)[C@H]2C[C@@H]3NC(=O)O[C@@H]3CO2)CC1.[HH]. The van der Waals surface area contributed by atoms with Crippen molar-refractivity contribution in [1.29, 1.82) is 0 Å². The van der Waals surface area contributed by atoms with E-state index in [0.29, 0.717) is 19.4 Å². The number of nitrogens with zero attached hydrogens (tertiary/aromatic N) is 1. The van der Waals surface area contributed by atoms with E-state index in [1.807, 2.05) is 0 Å². The Bertz CT molecular complexity index is 886. The predicted molar refractivity (Wildman–Crippen MR) is 107 cm³/mol.